The van der Waals surface area contributed by atoms with Crippen LogP contribution in [0.3, 0.4) is 0 Å². The summed E-state index contributed by atoms with van der Waals surface area (Å²) in [6.45, 7) is 8.12. The first-order chi connectivity index (χ1) is 9.27. The molecule has 0 aliphatic heterocycles. The minimum absolute atomic E-state index is 0.170. The topological polar surface area (TPSA) is 37.8 Å². The maximum Gasteiger partial charge on any atom is 0.137 e. The molecular weight excluding hydrogens is 293 g/mol. The van der Waals surface area contributed by atoms with Crippen LogP contribution in [0.1, 0.15) is 32.2 Å². The van der Waals surface area contributed by atoms with Gasteiger partial charge in [0.25, 0.3) is 0 Å². The highest BCUT2D eigenvalue weighted by Crippen LogP contribution is 2.29. The van der Waals surface area contributed by atoms with E-state index < -0.39 is 0 Å². The van der Waals surface area contributed by atoms with Gasteiger partial charge in [0.15, 0.2) is 0 Å². The second-order valence-corrected chi connectivity index (χ2v) is 6.50. The molecule has 20 heavy (non-hydrogen) atoms. The molecular formula is C15H17Cl2N3. The second kappa shape index (κ2) is 5.58. The van der Waals surface area contributed by atoms with Gasteiger partial charge in [-0.2, -0.15) is 0 Å². The molecule has 106 valence electrons. The van der Waals surface area contributed by atoms with Crippen LogP contribution in [-0.2, 0) is 5.41 Å². The molecule has 0 amide bonds. The zero-order valence-corrected chi connectivity index (χ0v) is 13.5. The summed E-state index contributed by atoms with van der Waals surface area (Å²) < 4.78 is 0. The van der Waals surface area contributed by atoms with E-state index >= 15 is 0 Å². The van der Waals surface area contributed by atoms with Gasteiger partial charge < -0.3 is 5.32 Å². The van der Waals surface area contributed by atoms with Crippen LogP contribution in [0.15, 0.2) is 24.3 Å². The number of nitrogens with one attached hydrogen (secondary N) is 1. The monoisotopic (exact) mass is 309 g/mol. The predicted molar refractivity (Wildman–Crippen MR) is 85.2 cm³/mol. The average Bonchev–Trinajstić information content (AvgIpc) is 2.32. The van der Waals surface area contributed by atoms with Crippen molar-refractivity contribution in [2.75, 3.05) is 5.32 Å². The third kappa shape index (κ3) is 3.41. The van der Waals surface area contributed by atoms with E-state index in [1.807, 2.05) is 45.9 Å². The molecule has 2 rings (SSSR count). The zero-order valence-electron chi connectivity index (χ0n) is 12.0. The summed E-state index contributed by atoms with van der Waals surface area (Å²) >= 11 is 12.3. The van der Waals surface area contributed by atoms with Gasteiger partial charge in [0, 0.05) is 11.5 Å². The molecule has 0 saturated heterocycles. The molecule has 1 aromatic heterocycles. The van der Waals surface area contributed by atoms with Gasteiger partial charge in [-0.1, -0.05) is 56.1 Å². The fourth-order valence-electron chi connectivity index (χ4n) is 1.74. The second-order valence-electron chi connectivity index (χ2n) is 5.71. The van der Waals surface area contributed by atoms with Crippen LogP contribution in [0.4, 0.5) is 11.5 Å². The van der Waals surface area contributed by atoms with Gasteiger partial charge in [0.1, 0.15) is 16.8 Å². The summed E-state index contributed by atoms with van der Waals surface area (Å²) in [5.74, 6) is 1.34. The Morgan fingerprint density at radius 1 is 1.10 bits per heavy atom. The van der Waals surface area contributed by atoms with Crippen molar-refractivity contribution in [3.8, 4) is 0 Å². The number of nitrogens with zero attached hydrogens (tertiary/aromatic N) is 2. The highest BCUT2D eigenvalue weighted by molar-refractivity contribution is 6.33. The molecule has 5 heteroatoms. The lowest BCUT2D eigenvalue weighted by atomic mass is 9.96. The summed E-state index contributed by atoms with van der Waals surface area (Å²) in [5.41, 5.74) is 1.71. The SMILES string of the molecule is Cc1cccc(Cl)c1Nc1cc(Cl)nc(C(C)(C)C)n1. The van der Waals surface area contributed by atoms with E-state index in [0.717, 1.165) is 11.3 Å². The molecule has 0 bridgehead atoms. The Balaban J connectivity index is 2.42. The molecule has 0 aliphatic rings. The quantitative estimate of drug-likeness (QED) is 0.781. The number of aryl methyl sites for hydroxylation is 1. The van der Waals surface area contributed by atoms with Crippen molar-refractivity contribution in [3.63, 3.8) is 0 Å². The molecule has 1 heterocycles. The fourth-order valence-corrected chi connectivity index (χ4v) is 2.19. The van der Waals surface area contributed by atoms with E-state index in [1.165, 1.54) is 0 Å². The van der Waals surface area contributed by atoms with Crippen molar-refractivity contribution < 1.29 is 0 Å². The maximum atomic E-state index is 6.21. The average molecular weight is 310 g/mol. The highest BCUT2D eigenvalue weighted by Gasteiger charge is 2.19. The van der Waals surface area contributed by atoms with Crippen LogP contribution < -0.4 is 5.32 Å². The number of hydrogen-bond acceptors (Lipinski definition) is 3. The van der Waals surface area contributed by atoms with Gasteiger partial charge in [-0.15, -0.1) is 0 Å². The lowest BCUT2D eigenvalue weighted by Gasteiger charge is -2.18. The molecule has 0 saturated carbocycles. The number of rotatable bonds is 2. The summed E-state index contributed by atoms with van der Waals surface area (Å²) in [6.07, 6.45) is 0. The first-order valence-electron chi connectivity index (χ1n) is 6.34. The van der Waals surface area contributed by atoms with E-state index in [-0.39, 0.29) is 5.41 Å². The lowest BCUT2D eigenvalue weighted by molar-refractivity contribution is 0.546. The van der Waals surface area contributed by atoms with Crippen molar-refractivity contribution in [2.45, 2.75) is 33.1 Å². The molecule has 0 fully saturated rings. The Bertz CT molecular complexity index is 613. The van der Waals surface area contributed by atoms with Gasteiger partial charge in [-0.05, 0) is 18.6 Å². The Hall–Kier alpha value is -1.32. The number of hydrogen-bond donors (Lipinski definition) is 1. The predicted octanol–water partition coefficient (Wildman–Crippen LogP) is 5.13. The van der Waals surface area contributed by atoms with E-state index in [1.54, 1.807) is 6.07 Å². The van der Waals surface area contributed by atoms with Crippen molar-refractivity contribution in [1.82, 2.24) is 9.97 Å². The minimum Gasteiger partial charge on any atom is -0.339 e. The zero-order chi connectivity index (χ0) is 14.9. The fraction of sp³-hybridized carbons (Fsp3) is 0.333. The van der Waals surface area contributed by atoms with Gasteiger partial charge >= 0.3 is 0 Å². The van der Waals surface area contributed by atoms with E-state index in [4.69, 9.17) is 23.2 Å². The van der Waals surface area contributed by atoms with E-state index in [0.29, 0.717) is 21.8 Å². The molecule has 0 spiro atoms. The Labute approximate surface area is 129 Å². The normalized spacial score (nSPS) is 11.5. The molecule has 2 aromatic rings. The standard InChI is InChI=1S/C15H17Cl2N3/c1-9-6-5-7-10(16)13(9)19-12-8-11(17)18-14(20-12)15(2,3)4/h5-8H,1-4H3,(H,18,19,20). The summed E-state index contributed by atoms with van der Waals surface area (Å²) in [6, 6.07) is 7.43. The maximum absolute atomic E-state index is 6.21. The number of para-hydroxylation sites is 1. The van der Waals surface area contributed by atoms with E-state index in [2.05, 4.69) is 15.3 Å². The molecule has 0 aliphatic carbocycles. The smallest absolute Gasteiger partial charge is 0.137 e. The van der Waals surface area contributed by atoms with Crippen molar-refractivity contribution in [3.05, 3.63) is 45.8 Å². The number of aromatic nitrogens is 2. The summed E-state index contributed by atoms with van der Waals surface area (Å²) in [5, 5.41) is 4.29. The molecule has 0 atom stereocenters. The van der Waals surface area contributed by atoms with Crippen LogP contribution >= 0.6 is 23.2 Å². The highest BCUT2D eigenvalue weighted by atomic mass is 35.5. The third-order valence-electron chi connectivity index (χ3n) is 2.84. The molecule has 0 unspecified atom stereocenters. The van der Waals surface area contributed by atoms with Crippen molar-refractivity contribution in [2.24, 2.45) is 0 Å². The summed E-state index contributed by atoms with van der Waals surface area (Å²) in [4.78, 5) is 8.79. The van der Waals surface area contributed by atoms with Crippen LogP contribution in [0.5, 0.6) is 0 Å². The molecule has 3 nitrogen and oxygen atoms in total. The molecule has 1 aromatic carbocycles. The van der Waals surface area contributed by atoms with Crippen LogP contribution in [0.25, 0.3) is 0 Å². The number of benzene rings is 1. The Kier molecular flexibility index (Phi) is 4.21. The largest absolute Gasteiger partial charge is 0.339 e. The first-order valence-corrected chi connectivity index (χ1v) is 7.10. The first kappa shape index (κ1) is 15.1. The van der Waals surface area contributed by atoms with Gasteiger partial charge in [-0.3, -0.25) is 0 Å². The summed E-state index contributed by atoms with van der Waals surface area (Å²) in [7, 11) is 0. The van der Waals surface area contributed by atoms with Crippen molar-refractivity contribution >= 4 is 34.7 Å². The van der Waals surface area contributed by atoms with Crippen LogP contribution in [0, 0.1) is 6.92 Å². The van der Waals surface area contributed by atoms with Gasteiger partial charge in [0.05, 0.1) is 10.7 Å². The Morgan fingerprint density at radius 3 is 2.40 bits per heavy atom. The Morgan fingerprint density at radius 2 is 1.80 bits per heavy atom. The number of anilines is 2. The van der Waals surface area contributed by atoms with Crippen molar-refractivity contribution in [1.29, 1.82) is 0 Å². The van der Waals surface area contributed by atoms with Crippen LogP contribution in [-0.4, -0.2) is 9.97 Å². The number of halogens is 2. The molecule has 0 radical (unpaired) electrons. The van der Waals surface area contributed by atoms with Gasteiger partial charge in [-0.25, -0.2) is 9.97 Å². The van der Waals surface area contributed by atoms with Gasteiger partial charge in [0.2, 0.25) is 0 Å². The van der Waals surface area contributed by atoms with Crippen LogP contribution in [0.2, 0.25) is 10.2 Å². The molecule has 1 N–H and O–H groups in total. The third-order valence-corrected chi connectivity index (χ3v) is 3.35. The minimum atomic E-state index is -0.170. The lowest BCUT2D eigenvalue weighted by Crippen LogP contribution is -2.17. The van der Waals surface area contributed by atoms with E-state index in [9.17, 15) is 0 Å².